The molecule has 2 aromatic carbocycles. The lowest BCUT2D eigenvalue weighted by atomic mass is 10.2. The summed E-state index contributed by atoms with van der Waals surface area (Å²) >= 11 is 0. The Balaban J connectivity index is 1.58. The van der Waals surface area contributed by atoms with Gasteiger partial charge in [-0.25, -0.2) is 0 Å². The third-order valence-corrected chi connectivity index (χ3v) is 3.98. The predicted molar refractivity (Wildman–Crippen MR) is 102 cm³/mol. The van der Waals surface area contributed by atoms with Crippen LogP contribution in [-0.2, 0) is 9.59 Å². The number of aliphatic hydroxyl groups excluding tert-OH is 1. The minimum absolute atomic E-state index is 0.170. The standard InChI is InChI=1S/C20H20N2O6/c1-26-15-4-2-3-14(10-15)21-20(25)16(11-23)22-19(24)8-6-13-5-7-17-18(9-13)28-12-27-17/h2-10,16,23H,11-12H2,1H3,(H,21,25)(H,22,24). The Hall–Kier alpha value is -3.52. The fourth-order valence-corrected chi connectivity index (χ4v) is 2.53. The van der Waals surface area contributed by atoms with Crippen LogP contribution in [0.3, 0.4) is 0 Å². The zero-order chi connectivity index (χ0) is 19.9. The molecule has 0 aliphatic carbocycles. The summed E-state index contributed by atoms with van der Waals surface area (Å²) in [4.78, 5) is 24.4. The van der Waals surface area contributed by atoms with Gasteiger partial charge in [0.15, 0.2) is 11.5 Å². The van der Waals surface area contributed by atoms with Crippen molar-refractivity contribution >= 4 is 23.6 Å². The molecule has 1 aliphatic heterocycles. The Bertz CT molecular complexity index is 896. The zero-order valence-electron chi connectivity index (χ0n) is 15.2. The Morgan fingerprint density at radius 1 is 1.21 bits per heavy atom. The number of nitrogens with one attached hydrogen (secondary N) is 2. The van der Waals surface area contributed by atoms with Crippen molar-refractivity contribution in [2.75, 3.05) is 25.8 Å². The third-order valence-electron chi connectivity index (χ3n) is 3.98. The van der Waals surface area contributed by atoms with Crippen molar-refractivity contribution in [3.63, 3.8) is 0 Å². The monoisotopic (exact) mass is 384 g/mol. The highest BCUT2D eigenvalue weighted by molar-refractivity contribution is 6.00. The van der Waals surface area contributed by atoms with Crippen LogP contribution >= 0.6 is 0 Å². The molecule has 0 saturated heterocycles. The van der Waals surface area contributed by atoms with Gasteiger partial charge in [0.25, 0.3) is 0 Å². The number of amides is 2. The highest BCUT2D eigenvalue weighted by Gasteiger charge is 2.19. The molecule has 8 nitrogen and oxygen atoms in total. The van der Waals surface area contributed by atoms with Crippen molar-refractivity contribution in [3.05, 3.63) is 54.1 Å². The average Bonchev–Trinajstić information content (AvgIpc) is 3.18. The summed E-state index contributed by atoms with van der Waals surface area (Å²) in [7, 11) is 1.52. The Kier molecular flexibility index (Phi) is 6.13. The zero-order valence-corrected chi connectivity index (χ0v) is 15.2. The van der Waals surface area contributed by atoms with E-state index >= 15 is 0 Å². The molecule has 0 aromatic heterocycles. The number of rotatable bonds is 7. The maximum Gasteiger partial charge on any atom is 0.249 e. The second-order valence-corrected chi connectivity index (χ2v) is 5.91. The Morgan fingerprint density at radius 2 is 2.04 bits per heavy atom. The molecule has 0 fully saturated rings. The summed E-state index contributed by atoms with van der Waals surface area (Å²) in [5.74, 6) is 0.775. The number of aliphatic hydroxyl groups is 1. The quantitative estimate of drug-likeness (QED) is 0.626. The predicted octanol–water partition coefficient (Wildman–Crippen LogP) is 1.55. The van der Waals surface area contributed by atoms with E-state index < -0.39 is 24.5 Å². The molecule has 2 amide bonds. The normalized spacial score (nSPS) is 13.2. The molecule has 1 aliphatic rings. The van der Waals surface area contributed by atoms with Crippen LogP contribution in [0.25, 0.3) is 6.08 Å². The first-order valence-electron chi connectivity index (χ1n) is 8.53. The molecule has 2 aromatic rings. The van der Waals surface area contributed by atoms with Gasteiger partial charge in [-0.1, -0.05) is 12.1 Å². The molecule has 0 radical (unpaired) electrons. The minimum atomic E-state index is -1.10. The van der Waals surface area contributed by atoms with Crippen LogP contribution in [0.5, 0.6) is 17.2 Å². The van der Waals surface area contributed by atoms with Gasteiger partial charge in [0.05, 0.1) is 13.7 Å². The first-order valence-corrected chi connectivity index (χ1v) is 8.53. The smallest absolute Gasteiger partial charge is 0.249 e. The largest absolute Gasteiger partial charge is 0.497 e. The van der Waals surface area contributed by atoms with Crippen LogP contribution in [0, 0.1) is 0 Å². The molecule has 3 rings (SSSR count). The number of fused-ring (bicyclic) bond motifs is 1. The van der Waals surface area contributed by atoms with Gasteiger partial charge in [-0.15, -0.1) is 0 Å². The lowest BCUT2D eigenvalue weighted by Gasteiger charge is -2.15. The third kappa shape index (κ3) is 4.80. The van der Waals surface area contributed by atoms with Crippen LogP contribution < -0.4 is 24.8 Å². The van der Waals surface area contributed by atoms with E-state index in [4.69, 9.17) is 14.2 Å². The summed E-state index contributed by atoms with van der Waals surface area (Å²) in [5.41, 5.74) is 1.23. The number of carbonyl (C=O) groups excluding carboxylic acids is 2. The number of hydrogen-bond acceptors (Lipinski definition) is 6. The number of carbonyl (C=O) groups is 2. The lowest BCUT2D eigenvalue weighted by molar-refractivity contribution is -0.124. The van der Waals surface area contributed by atoms with Gasteiger partial charge in [0.2, 0.25) is 18.6 Å². The van der Waals surface area contributed by atoms with E-state index in [9.17, 15) is 14.7 Å². The number of anilines is 1. The molecule has 0 spiro atoms. The summed E-state index contributed by atoms with van der Waals surface area (Å²) in [6.45, 7) is -0.372. The van der Waals surface area contributed by atoms with E-state index in [1.165, 1.54) is 13.2 Å². The van der Waals surface area contributed by atoms with Gasteiger partial charge in [-0.05, 0) is 35.9 Å². The lowest BCUT2D eigenvalue weighted by Crippen LogP contribution is -2.45. The molecular formula is C20H20N2O6. The van der Waals surface area contributed by atoms with Crippen molar-refractivity contribution in [1.29, 1.82) is 0 Å². The van der Waals surface area contributed by atoms with E-state index in [0.717, 1.165) is 5.56 Å². The molecule has 8 heteroatoms. The second kappa shape index (κ2) is 8.92. The molecule has 146 valence electrons. The summed E-state index contributed by atoms with van der Waals surface area (Å²) in [5, 5.41) is 14.6. The minimum Gasteiger partial charge on any atom is -0.497 e. The number of methoxy groups -OCH3 is 1. The average molecular weight is 384 g/mol. The SMILES string of the molecule is COc1cccc(NC(=O)C(CO)NC(=O)C=Cc2ccc3c(c2)OCO3)c1. The molecule has 0 saturated carbocycles. The van der Waals surface area contributed by atoms with Crippen LogP contribution in [0.1, 0.15) is 5.56 Å². The molecule has 28 heavy (non-hydrogen) atoms. The first kappa shape index (κ1) is 19.2. The number of hydrogen-bond donors (Lipinski definition) is 3. The van der Waals surface area contributed by atoms with E-state index in [2.05, 4.69) is 10.6 Å². The maximum absolute atomic E-state index is 12.3. The Labute approximate surface area is 161 Å². The fraction of sp³-hybridized carbons (Fsp3) is 0.200. The molecule has 1 unspecified atom stereocenters. The van der Waals surface area contributed by atoms with Gasteiger partial charge in [0.1, 0.15) is 11.8 Å². The van der Waals surface area contributed by atoms with Crippen molar-refractivity contribution in [2.24, 2.45) is 0 Å². The van der Waals surface area contributed by atoms with E-state index in [-0.39, 0.29) is 6.79 Å². The van der Waals surface area contributed by atoms with Crippen molar-refractivity contribution in [1.82, 2.24) is 5.32 Å². The summed E-state index contributed by atoms with van der Waals surface area (Å²) in [6, 6.07) is 10.9. The molecule has 1 atom stereocenters. The molecule has 1 heterocycles. The fourth-order valence-electron chi connectivity index (χ4n) is 2.53. The first-order chi connectivity index (χ1) is 13.6. The van der Waals surface area contributed by atoms with Gasteiger partial charge in [-0.3, -0.25) is 9.59 Å². The highest BCUT2D eigenvalue weighted by atomic mass is 16.7. The van der Waals surface area contributed by atoms with Crippen molar-refractivity contribution in [2.45, 2.75) is 6.04 Å². The highest BCUT2D eigenvalue weighted by Crippen LogP contribution is 2.32. The van der Waals surface area contributed by atoms with Crippen LogP contribution in [-0.4, -0.2) is 43.5 Å². The molecule has 0 bridgehead atoms. The van der Waals surface area contributed by atoms with E-state index in [0.29, 0.717) is 22.9 Å². The van der Waals surface area contributed by atoms with Gasteiger partial charge >= 0.3 is 0 Å². The van der Waals surface area contributed by atoms with E-state index in [1.54, 1.807) is 48.5 Å². The van der Waals surface area contributed by atoms with Crippen molar-refractivity contribution in [3.8, 4) is 17.2 Å². The molecule has 3 N–H and O–H groups in total. The number of benzene rings is 2. The summed E-state index contributed by atoms with van der Waals surface area (Å²) < 4.78 is 15.6. The van der Waals surface area contributed by atoms with Gasteiger partial charge in [0, 0.05) is 17.8 Å². The van der Waals surface area contributed by atoms with E-state index in [1.807, 2.05) is 0 Å². The summed E-state index contributed by atoms with van der Waals surface area (Å²) in [6.07, 6.45) is 2.85. The Morgan fingerprint density at radius 3 is 2.82 bits per heavy atom. The van der Waals surface area contributed by atoms with Gasteiger partial charge < -0.3 is 30.0 Å². The van der Waals surface area contributed by atoms with Crippen molar-refractivity contribution < 1.29 is 28.9 Å². The maximum atomic E-state index is 12.3. The van der Waals surface area contributed by atoms with Crippen LogP contribution in [0.15, 0.2) is 48.5 Å². The van der Waals surface area contributed by atoms with Gasteiger partial charge in [-0.2, -0.15) is 0 Å². The number of ether oxygens (including phenoxy) is 3. The second-order valence-electron chi connectivity index (χ2n) is 5.91. The molecular weight excluding hydrogens is 364 g/mol. The van der Waals surface area contributed by atoms with Crippen LogP contribution in [0.2, 0.25) is 0 Å². The topological polar surface area (TPSA) is 106 Å². The van der Waals surface area contributed by atoms with Crippen LogP contribution in [0.4, 0.5) is 5.69 Å².